The van der Waals surface area contributed by atoms with Crippen molar-refractivity contribution in [1.82, 2.24) is 0 Å². The lowest BCUT2D eigenvalue weighted by atomic mass is 10.4. The van der Waals surface area contributed by atoms with Crippen molar-refractivity contribution in [2.24, 2.45) is 0 Å². The molecule has 1 aromatic rings. The molecule has 0 amide bonds. The highest BCUT2D eigenvalue weighted by atomic mass is 28.2. The van der Waals surface area contributed by atoms with Crippen molar-refractivity contribution in [2.45, 2.75) is 0 Å². The first kappa shape index (κ1) is 8.60. The summed E-state index contributed by atoms with van der Waals surface area (Å²) < 4.78 is 0. The number of carboxylic acids is 1. The Morgan fingerprint density at radius 1 is 1.25 bits per heavy atom. The molecule has 12 heavy (non-hydrogen) atoms. The zero-order chi connectivity index (χ0) is 9.14. The van der Waals surface area contributed by atoms with E-state index in [4.69, 9.17) is 10.2 Å². The number of hydrogen-bond donors (Lipinski definition) is 2. The maximum atomic E-state index is 10.5. The summed E-state index contributed by atoms with van der Waals surface area (Å²) in [6.07, 6.45) is 0. The van der Waals surface area contributed by atoms with Crippen LogP contribution in [0.5, 0.6) is 0 Å². The second-order valence-electron chi connectivity index (χ2n) is 2.16. The van der Waals surface area contributed by atoms with Gasteiger partial charge in [-0.25, -0.2) is 4.79 Å². The van der Waals surface area contributed by atoms with E-state index >= 15 is 0 Å². The van der Waals surface area contributed by atoms with E-state index in [1.165, 1.54) is 17.8 Å². The van der Waals surface area contributed by atoms with Crippen molar-refractivity contribution in [3.8, 4) is 0 Å². The molecular weight excluding hydrogens is 176 g/mol. The molecular formula is C7H6O4Si. The highest BCUT2D eigenvalue weighted by Gasteiger charge is 2.14. The first-order valence-corrected chi connectivity index (χ1v) is 4.76. The maximum Gasteiger partial charge on any atom is 0.331 e. The zero-order valence-electron chi connectivity index (χ0n) is 6.02. The minimum absolute atomic E-state index is 0.00463. The molecule has 0 radical (unpaired) electrons. The molecule has 1 heterocycles. The Morgan fingerprint density at radius 3 is 2.33 bits per heavy atom. The Hall–Kier alpha value is -1.49. The number of rotatable bonds is 2. The topological polar surface area (TPSA) is 74.6 Å². The molecule has 5 heteroatoms. The van der Waals surface area contributed by atoms with Crippen LogP contribution in [-0.4, -0.2) is 30.2 Å². The van der Waals surface area contributed by atoms with Gasteiger partial charge in [-0.1, -0.05) is 23.9 Å². The normalized spacial score (nSPS) is 9.33. The van der Waals surface area contributed by atoms with Gasteiger partial charge in [0.15, 0.2) is 8.40 Å². The molecule has 0 saturated heterocycles. The Balaban J connectivity index is 3.27. The molecule has 4 nitrogen and oxygen atoms in total. The lowest BCUT2D eigenvalue weighted by Crippen LogP contribution is -2.18. The number of hydrogen-bond acceptors (Lipinski definition) is 2. The maximum absolute atomic E-state index is 10.5. The third-order valence-electron chi connectivity index (χ3n) is 1.39. The highest BCUT2D eigenvalue weighted by molar-refractivity contribution is 6.85. The van der Waals surface area contributed by atoms with Crippen LogP contribution in [0.1, 0.15) is 9.97 Å². The Morgan fingerprint density at radius 2 is 1.92 bits per heavy atom. The van der Waals surface area contributed by atoms with Gasteiger partial charge in [0.1, 0.15) is 0 Å². The minimum Gasteiger partial charge on any atom is -0.482 e. The largest absolute Gasteiger partial charge is 0.482 e. The van der Waals surface area contributed by atoms with Gasteiger partial charge in [-0.2, -0.15) is 0 Å². The van der Waals surface area contributed by atoms with E-state index in [1.54, 1.807) is 6.07 Å². The van der Waals surface area contributed by atoms with Gasteiger partial charge >= 0.3 is 5.97 Å². The smallest absolute Gasteiger partial charge is 0.331 e. The summed E-state index contributed by atoms with van der Waals surface area (Å²) in [5, 5.41) is 17.2. The zero-order valence-corrected chi connectivity index (χ0v) is 7.02. The van der Waals surface area contributed by atoms with Crippen LogP contribution in [0.2, 0.25) is 0 Å². The van der Waals surface area contributed by atoms with Crippen molar-refractivity contribution < 1.29 is 19.8 Å². The molecule has 0 saturated carbocycles. The summed E-state index contributed by atoms with van der Waals surface area (Å²) >= 11 is 0. The standard InChI is InChI=1S/C7H6O4Si/c8-6(9)5-3-1-2-4-12(5)7(10)11/h1-4H,(H,8,9)(H,10,11). The minimum atomic E-state index is -2.04. The number of aromatic carboxylic acids is 1. The predicted octanol–water partition coefficient (Wildman–Crippen LogP) is 0.937. The van der Waals surface area contributed by atoms with Crippen molar-refractivity contribution in [3.05, 3.63) is 29.1 Å². The first-order chi connectivity index (χ1) is 5.63. The van der Waals surface area contributed by atoms with Gasteiger partial charge in [-0.15, -0.1) is 0 Å². The van der Waals surface area contributed by atoms with Crippen LogP contribution in [-0.2, 0) is 0 Å². The van der Waals surface area contributed by atoms with E-state index < -0.39 is 20.0 Å². The van der Waals surface area contributed by atoms with Crippen LogP contribution >= 0.6 is 0 Å². The number of carbonyl (C=O) groups is 2. The van der Waals surface area contributed by atoms with E-state index in [9.17, 15) is 9.59 Å². The molecule has 0 fully saturated rings. The Kier molecular flexibility index (Phi) is 2.34. The number of carboxylic acid groups (broad SMARTS) is 2. The van der Waals surface area contributed by atoms with Gasteiger partial charge < -0.3 is 10.2 Å². The molecule has 0 aliphatic rings. The second-order valence-corrected chi connectivity index (χ2v) is 4.28. The first-order valence-electron chi connectivity index (χ1n) is 3.18. The fourth-order valence-corrected chi connectivity index (χ4v) is 2.22. The van der Waals surface area contributed by atoms with E-state index in [0.717, 1.165) is 0 Å². The molecule has 1 aromatic heterocycles. The van der Waals surface area contributed by atoms with Crippen molar-refractivity contribution in [3.63, 3.8) is 0 Å². The Labute approximate surface area is 69.6 Å². The van der Waals surface area contributed by atoms with E-state index in [0.29, 0.717) is 0 Å². The van der Waals surface area contributed by atoms with Crippen LogP contribution in [0.25, 0.3) is 0 Å². The van der Waals surface area contributed by atoms with Gasteiger partial charge in [-0.3, -0.25) is 4.79 Å². The van der Waals surface area contributed by atoms with E-state index in [1.807, 2.05) is 0 Å². The summed E-state index contributed by atoms with van der Waals surface area (Å²) in [6.45, 7) is 0. The molecule has 2 N–H and O–H groups in total. The summed E-state index contributed by atoms with van der Waals surface area (Å²) in [7, 11) is -2.04. The summed E-state index contributed by atoms with van der Waals surface area (Å²) in [6, 6.07) is 4.43. The lowest BCUT2D eigenvalue weighted by Gasteiger charge is -1.97. The highest BCUT2D eigenvalue weighted by Crippen LogP contribution is 1.98. The predicted molar refractivity (Wildman–Crippen MR) is 42.8 cm³/mol. The molecule has 1 rings (SSSR count). The average Bonchev–Trinajstić information content (AvgIpc) is 2.04. The molecule has 62 valence electrons. The van der Waals surface area contributed by atoms with Crippen LogP contribution in [0.15, 0.2) is 23.9 Å². The fraction of sp³-hybridized carbons (Fsp3) is 0. The molecule has 0 aromatic carbocycles. The molecule has 0 unspecified atom stereocenters. The van der Waals surface area contributed by atoms with Crippen molar-refractivity contribution in [1.29, 1.82) is 0 Å². The lowest BCUT2D eigenvalue weighted by molar-refractivity contribution is 0.0700. The van der Waals surface area contributed by atoms with E-state index in [-0.39, 0.29) is 5.17 Å². The quantitative estimate of drug-likeness (QED) is 0.667. The second kappa shape index (κ2) is 3.27. The molecule has 0 aliphatic carbocycles. The SMILES string of the molecule is O=C(O)c1cccc[si]1C(=O)O. The summed E-state index contributed by atoms with van der Waals surface area (Å²) in [5.41, 5.74) is 0.397. The van der Waals surface area contributed by atoms with Gasteiger partial charge in [0, 0.05) is 0 Å². The molecule has 0 spiro atoms. The monoisotopic (exact) mass is 182 g/mol. The van der Waals surface area contributed by atoms with Gasteiger partial charge in [0.25, 0.3) is 5.59 Å². The van der Waals surface area contributed by atoms with Crippen LogP contribution in [0.3, 0.4) is 0 Å². The summed E-state index contributed by atoms with van der Waals surface area (Å²) in [4.78, 5) is 21.1. The summed E-state index contributed by atoms with van der Waals surface area (Å²) in [5.74, 6) is -1.15. The molecule has 0 aliphatic heterocycles. The van der Waals surface area contributed by atoms with Crippen molar-refractivity contribution >= 4 is 20.0 Å². The third-order valence-corrected chi connectivity index (χ3v) is 3.34. The van der Waals surface area contributed by atoms with Gasteiger partial charge in [0.2, 0.25) is 0 Å². The van der Waals surface area contributed by atoms with Gasteiger partial charge in [0.05, 0.1) is 5.17 Å². The molecule has 0 bridgehead atoms. The van der Waals surface area contributed by atoms with Gasteiger partial charge in [-0.05, 0) is 0 Å². The van der Waals surface area contributed by atoms with Crippen LogP contribution < -0.4 is 0 Å². The van der Waals surface area contributed by atoms with Crippen LogP contribution in [0, 0.1) is 0 Å². The van der Waals surface area contributed by atoms with Crippen LogP contribution in [0.4, 0.5) is 4.79 Å². The average molecular weight is 182 g/mol. The molecule has 0 atom stereocenters. The van der Waals surface area contributed by atoms with Crippen molar-refractivity contribution in [2.75, 3.05) is 0 Å². The Bertz CT molecular complexity index is 301. The third kappa shape index (κ3) is 1.56. The fourth-order valence-electron chi connectivity index (χ4n) is 0.856. The van der Waals surface area contributed by atoms with E-state index in [2.05, 4.69) is 0 Å².